The fourth-order valence-corrected chi connectivity index (χ4v) is 2.06. The minimum Gasteiger partial charge on any atom is -0.373 e. The van der Waals surface area contributed by atoms with Gasteiger partial charge >= 0.3 is 0 Å². The quantitative estimate of drug-likeness (QED) is 0.755. The van der Waals surface area contributed by atoms with Crippen LogP contribution in [-0.4, -0.2) is 36.5 Å². The van der Waals surface area contributed by atoms with Crippen molar-refractivity contribution in [1.82, 2.24) is 10.3 Å². The number of amides is 1. The van der Waals surface area contributed by atoms with Gasteiger partial charge in [0.1, 0.15) is 5.82 Å². The predicted octanol–water partition coefficient (Wildman–Crippen LogP) is 2.73. The molecule has 5 heteroatoms. The zero-order valence-corrected chi connectivity index (χ0v) is 12.9. The second-order valence-electron chi connectivity index (χ2n) is 4.67. The standard InChI is InChI=1S/C14H23N3OS/c1-10(2)12-8-11(9-13(15-3)17-12)14(18)16-6-5-7-19-4/h8-10H,5-7H2,1-4H3,(H,15,17)(H,16,18). The Hall–Kier alpha value is -1.23. The highest BCUT2D eigenvalue weighted by Gasteiger charge is 2.11. The number of carbonyl (C=O) groups is 1. The fourth-order valence-electron chi connectivity index (χ4n) is 1.63. The van der Waals surface area contributed by atoms with Crippen LogP contribution >= 0.6 is 11.8 Å². The average Bonchev–Trinajstić information content (AvgIpc) is 2.42. The minimum absolute atomic E-state index is 0.0260. The molecule has 1 aromatic heterocycles. The zero-order chi connectivity index (χ0) is 14.3. The van der Waals surface area contributed by atoms with Gasteiger partial charge in [0.25, 0.3) is 5.91 Å². The molecule has 106 valence electrons. The van der Waals surface area contributed by atoms with E-state index >= 15 is 0 Å². The normalized spacial score (nSPS) is 10.6. The van der Waals surface area contributed by atoms with Gasteiger partial charge in [0, 0.05) is 24.8 Å². The lowest BCUT2D eigenvalue weighted by molar-refractivity contribution is 0.0953. The summed E-state index contributed by atoms with van der Waals surface area (Å²) in [5, 5.41) is 5.94. The Labute approximate surface area is 119 Å². The molecule has 0 aromatic carbocycles. The van der Waals surface area contributed by atoms with Crippen LogP contribution in [0.1, 0.15) is 42.2 Å². The van der Waals surface area contributed by atoms with Gasteiger partial charge < -0.3 is 10.6 Å². The predicted molar refractivity (Wildman–Crippen MR) is 83.2 cm³/mol. The van der Waals surface area contributed by atoms with E-state index in [9.17, 15) is 4.79 Å². The van der Waals surface area contributed by atoms with Crippen LogP contribution < -0.4 is 10.6 Å². The number of hydrogen-bond donors (Lipinski definition) is 2. The Bertz CT molecular complexity index is 421. The van der Waals surface area contributed by atoms with Crippen LogP contribution in [0.5, 0.6) is 0 Å². The molecule has 2 N–H and O–H groups in total. The lowest BCUT2D eigenvalue weighted by atomic mass is 10.1. The Balaban J connectivity index is 2.75. The molecular formula is C14H23N3OS. The van der Waals surface area contributed by atoms with E-state index in [4.69, 9.17) is 0 Å². The zero-order valence-electron chi connectivity index (χ0n) is 12.1. The Morgan fingerprint density at radius 1 is 1.42 bits per heavy atom. The fraction of sp³-hybridized carbons (Fsp3) is 0.571. The second-order valence-corrected chi connectivity index (χ2v) is 5.66. The molecule has 1 rings (SSSR count). The highest BCUT2D eigenvalue weighted by molar-refractivity contribution is 7.98. The van der Waals surface area contributed by atoms with Crippen molar-refractivity contribution in [1.29, 1.82) is 0 Å². The van der Waals surface area contributed by atoms with Crippen LogP contribution in [0.3, 0.4) is 0 Å². The summed E-state index contributed by atoms with van der Waals surface area (Å²) in [5.74, 6) is 2.08. The number of carbonyl (C=O) groups excluding carboxylic acids is 1. The van der Waals surface area contributed by atoms with Crippen molar-refractivity contribution in [3.8, 4) is 0 Å². The van der Waals surface area contributed by atoms with Crippen molar-refractivity contribution in [2.24, 2.45) is 0 Å². The minimum atomic E-state index is -0.0260. The maximum atomic E-state index is 12.1. The summed E-state index contributed by atoms with van der Waals surface area (Å²) >= 11 is 1.79. The van der Waals surface area contributed by atoms with E-state index in [0.717, 1.165) is 23.7 Å². The van der Waals surface area contributed by atoms with Gasteiger partial charge in [-0.3, -0.25) is 4.79 Å². The largest absolute Gasteiger partial charge is 0.373 e. The molecule has 0 radical (unpaired) electrons. The Morgan fingerprint density at radius 3 is 2.74 bits per heavy atom. The van der Waals surface area contributed by atoms with Gasteiger partial charge in [-0.1, -0.05) is 13.8 Å². The van der Waals surface area contributed by atoms with E-state index in [0.29, 0.717) is 18.0 Å². The van der Waals surface area contributed by atoms with Gasteiger partial charge in [0.2, 0.25) is 0 Å². The molecule has 0 unspecified atom stereocenters. The van der Waals surface area contributed by atoms with Crippen molar-refractivity contribution >= 4 is 23.5 Å². The van der Waals surface area contributed by atoms with E-state index in [1.807, 2.05) is 13.1 Å². The smallest absolute Gasteiger partial charge is 0.251 e. The lowest BCUT2D eigenvalue weighted by Crippen LogP contribution is -2.25. The van der Waals surface area contributed by atoms with E-state index in [-0.39, 0.29) is 5.91 Å². The van der Waals surface area contributed by atoms with Gasteiger partial charge in [-0.25, -0.2) is 4.98 Å². The molecule has 0 aliphatic carbocycles. The maximum Gasteiger partial charge on any atom is 0.251 e. The van der Waals surface area contributed by atoms with E-state index in [2.05, 4.69) is 35.7 Å². The van der Waals surface area contributed by atoms with Crippen LogP contribution in [0.4, 0.5) is 5.82 Å². The molecule has 0 saturated carbocycles. The van der Waals surface area contributed by atoms with Crippen molar-refractivity contribution in [2.75, 3.05) is 30.9 Å². The molecule has 4 nitrogen and oxygen atoms in total. The van der Waals surface area contributed by atoms with Crippen LogP contribution in [0, 0.1) is 0 Å². The average molecular weight is 281 g/mol. The van der Waals surface area contributed by atoms with Crippen LogP contribution in [-0.2, 0) is 0 Å². The highest BCUT2D eigenvalue weighted by Crippen LogP contribution is 2.17. The number of nitrogens with one attached hydrogen (secondary N) is 2. The molecule has 0 atom stereocenters. The van der Waals surface area contributed by atoms with Crippen molar-refractivity contribution in [2.45, 2.75) is 26.2 Å². The number of hydrogen-bond acceptors (Lipinski definition) is 4. The number of rotatable bonds is 7. The van der Waals surface area contributed by atoms with Gasteiger partial charge in [0.05, 0.1) is 0 Å². The third-order valence-electron chi connectivity index (χ3n) is 2.77. The van der Waals surface area contributed by atoms with Crippen LogP contribution in [0.2, 0.25) is 0 Å². The summed E-state index contributed by atoms with van der Waals surface area (Å²) < 4.78 is 0. The summed E-state index contributed by atoms with van der Waals surface area (Å²) in [7, 11) is 1.81. The van der Waals surface area contributed by atoms with Crippen LogP contribution in [0.15, 0.2) is 12.1 Å². The molecule has 0 aliphatic heterocycles. The van der Waals surface area contributed by atoms with Gasteiger partial charge in [-0.05, 0) is 36.5 Å². The first-order chi connectivity index (χ1) is 9.08. The van der Waals surface area contributed by atoms with Gasteiger partial charge in [-0.15, -0.1) is 0 Å². The Morgan fingerprint density at radius 2 is 2.16 bits per heavy atom. The summed E-state index contributed by atoms with van der Waals surface area (Å²) in [4.78, 5) is 16.5. The van der Waals surface area contributed by atoms with Crippen LogP contribution in [0.25, 0.3) is 0 Å². The van der Waals surface area contributed by atoms with E-state index < -0.39 is 0 Å². The van der Waals surface area contributed by atoms with Gasteiger partial charge in [-0.2, -0.15) is 11.8 Å². The van der Waals surface area contributed by atoms with Crippen molar-refractivity contribution < 1.29 is 4.79 Å². The molecule has 0 saturated heterocycles. The molecule has 0 aliphatic rings. The number of pyridine rings is 1. The first kappa shape index (κ1) is 15.8. The van der Waals surface area contributed by atoms with Gasteiger partial charge in [0.15, 0.2) is 0 Å². The molecular weight excluding hydrogens is 258 g/mol. The lowest BCUT2D eigenvalue weighted by Gasteiger charge is -2.11. The number of thioether (sulfide) groups is 1. The molecule has 19 heavy (non-hydrogen) atoms. The maximum absolute atomic E-state index is 12.1. The van der Waals surface area contributed by atoms with E-state index in [1.54, 1.807) is 17.8 Å². The SMILES string of the molecule is CNc1cc(C(=O)NCCCSC)cc(C(C)C)n1. The molecule has 0 bridgehead atoms. The topological polar surface area (TPSA) is 54.0 Å². The third kappa shape index (κ3) is 5.11. The Kier molecular flexibility index (Phi) is 6.70. The summed E-state index contributed by atoms with van der Waals surface area (Å²) in [6.45, 7) is 4.86. The number of anilines is 1. The summed E-state index contributed by atoms with van der Waals surface area (Å²) in [6.07, 6.45) is 3.06. The highest BCUT2D eigenvalue weighted by atomic mass is 32.2. The second kappa shape index (κ2) is 8.04. The third-order valence-corrected chi connectivity index (χ3v) is 3.46. The van der Waals surface area contributed by atoms with E-state index in [1.165, 1.54) is 0 Å². The molecule has 0 spiro atoms. The van der Waals surface area contributed by atoms with Crippen molar-refractivity contribution in [3.63, 3.8) is 0 Å². The monoisotopic (exact) mass is 281 g/mol. The summed E-state index contributed by atoms with van der Waals surface area (Å²) in [5.41, 5.74) is 1.60. The summed E-state index contributed by atoms with van der Waals surface area (Å²) in [6, 6.07) is 3.66. The molecule has 1 aromatic rings. The first-order valence-electron chi connectivity index (χ1n) is 6.55. The first-order valence-corrected chi connectivity index (χ1v) is 7.94. The molecule has 1 amide bonds. The van der Waals surface area contributed by atoms with Crippen molar-refractivity contribution in [3.05, 3.63) is 23.4 Å². The molecule has 1 heterocycles. The molecule has 0 fully saturated rings. The number of aromatic nitrogens is 1. The number of nitrogens with zero attached hydrogens (tertiary/aromatic N) is 1.